The van der Waals surface area contributed by atoms with Gasteiger partial charge >= 0.3 is 51.4 Å². The molecule has 1 N–H and O–H groups in total. The minimum Gasteiger partial charge on any atom is -0.748 e. The predicted molar refractivity (Wildman–Crippen MR) is 114 cm³/mol. The average Bonchev–Trinajstić information content (AvgIpc) is 2.61. The molecule has 0 saturated carbocycles. The van der Waals surface area contributed by atoms with E-state index in [9.17, 15) is 18.1 Å². The van der Waals surface area contributed by atoms with Gasteiger partial charge in [-0.05, 0) is 26.2 Å². The molecule has 0 amide bonds. The van der Waals surface area contributed by atoms with E-state index in [1.54, 1.807) is 0 Å². The molecular weight excluding hydrogens is 399 g/mol. The Kier molecular flexibility index (Phi) is 24.6. The van der Waals surface area contributed by atoms with E-state index < -0.39 is 15.4 Å². The third-order valence-corrected chi connectivity index (χ3v) is 6.75. The molecule has 0 aromatic rings. The number of aliphatic hydroxyl groups is 1. The molecule has 0 fully saturated rings. The fraction of sp³-hybridized carbons (Fsp3) is 1.00. The summed E-state index contributed by atoms with van der Waals surface area (Å²) in [6.07, 6.45) is 20.3. The molecule has 0 spiro atoms. The molecule has 0 bridgehead atoms. The molecule has 0 aromatic heterocycles. The van der Waals surface area contributed by atoms with Gasteiger partial charge in [0, 0.05) is 5.25 Å². The minimum atomic E-state index is -4.10. The van der Waals surface area contributed by atoms with Crippen LogP contribution in [0.3, 0.4) is 0 Å². The first kappa shape index (κ1) is 31.7. The van der Waals surface area contributed by atoms with E-state index in [0.29, 0.717) is 6.42 Å². The molecule has 2 unspecified atom stereocenters. The Hall–Kier alpha value is 1.51. The summed E-state index contributed by atoms with van der Waals surface area (Å²) in [4.78, 5) is 0. The van der Waals surface area contributed by atoms with E-state index >= 15 is 0 Å². The fourth-order valence-corrected chi connectivity index (χ4v) is 3.95. The van der Waals surface area contributed by atoms with Crippen LogP contribution in [0.1, 0.15) is 129 Å². The smallest absolute Gasteiger partial charge is 0.748 e. The second kappa shape index (κ2) is 21.7. The molecule has 2 atom stereocenters. The minimum absolute atomic E-state index is 0. The molecule has 164 valence electrons. The first-order valence-corrected chi connectivity index (χ1v) is 13.0. The second-order valence-electron chi connectivity index (χ2n) is 8.27. The average molecular weight is 445 g/mol. The summed E-state index contributed by atoms with van der Waals surface area (Å²) >= 11 is 0. The van der Waals surface area contributed by atoms with E-state index in [-0.39, 0.29) is 57.5 Å². The molecule has 0 radical (unpaired) electrons. The van der Waals surface area contributed by atoms with E-state index in [1.165, 1.54) is 77.6 Å². The summed E-state index contributed by atoms with van der Waals surface area (Å²) in [6.45, 7) is 3.74. The molecule has 28 heavy (non-hydrogen) atoms. The zero-order chi connectivity index (χ0) is 20.4. The monoisotopic (exact) mass is 444 g/mol. The number of rotatable bonds is 20. The number of unbranched alkanes of at least 4 members (excludes halogenated alkanes) is 13. The van der Waals surface area contributed by atoms with Crippen molar-refractivity contribution in [2.45, 2.75) is 141 Å². The van der Waals surface area contributed by atoms with Crippen molar-refractivity contribution >= 4 is 10.1 Å². The topological polar surface area (TPSA) is 77.4 Å². The number of hydrogen-bond donors (Lipinski definition) is 1. The zero-order valence-corrected chi connectivity index (χ0v) is 22.9. The van der Waals surface area contributed by atoms with Crippen molar-refractivity contribution in [3.63, 3.8) is 0 Å². The van der Waals surface area contributed by atoms with Crippen LogP contribution >= 0.6 is 0 Å². The summed E-state index contributed by atoms with van der Waals surface area (Å²) in [5.41, 5.74) is 0. The summed E-state index contributed by atoms with van der Waals surface area (Å²) in [5, 5.41) is 9.27. The summed E-state index contributed by atoms with van der Waals surface area (Å²) < 4.78 is 32.4. The van der Waals surface area contributed by atoms with Gasteiger partial charge in [-0.2, -0.15) is 0 Å². The van der Waals surface area contributed by atoms with Gasteiger partial charge in [-0.1, -0.05) is 103 Å². The van der Waals surface area contributed by atoms with Crippen LogP contribution in [0.5, 0.6) is 0 Å². The molecular formula is C22H45KO4S. The Balaban J connectivity index is 0. The summed E-state index contributed by atoms with van der Waals surface area (Å²) in [5.74, 6) is 0. The van der Waals surface area contributed by atoms with Crippen molar-refractivity contribution in [2.24, 2.45) is 0 Å². The van der Waals surface area contributed by atoms with Crippen molar-refractivity contribution in [1.82, 2.24) is 0 Å². The largest absolute Gasteiger partial charge is 1.00 e. The maximum absolute atomic E-state index is 10.8. The Morgan fingerprint density at radius 3 is 1.36 bits per heavy atom. The molecule has 0 rings (SSSR count). The van der Waals surface area contributed by atoms with Crippen molar-refractivity contribution < 1.29 is 69.5 Å². The van der Waals surface area contributed by atoms with Crippen molar-refractivity contribution in [3.8, 4) is 0 Å². The first-order chi connectivity index (χ1) is 12.9. The van der Waals surface area contributed by atoms with Crippen molar-refractivity contribution in [2.75, 3.05) is 0 Å². The van der Waals surface area contributed by atoms with Gasteiger partial charge in [-0.3, -0.25) is 0 Å². The Bertz CT molecular complexity index is 415. The van der Waals surface area contributed by atoms with Gasteiger partial charge in [-0.15, -0.1) is 0 Å². The van der Waals surface area contributed by atoms with Gasteiger partial charge in [0.05, 0.1) is 16.2 Å². The van der Waals surface area contributed by atoms with Gasteiger partial charge in [-0.25, -0.2) is 8.42 Å². The van der Waals surface area contributed by atoms with Crippen LogP contribution in [0.15, 0.2) is 0 Å². The van der Waals surface area contributed by atoms with Crippen LogP contribution in [0.2, 0.25) is 0 Å². The molecule has 0 aliphatic heterocycles. The van der Waals surface area contributed by atoms with Gasteiger partial charge in [0.25, 0.3) is 0 Å². The Morgan fingerprint density at radius 1 is 0.679 bits per heavy atom. The number of aliphatic hydroxyl groups excluding tert-OH is 1. The van der Waals surface area contributed by atoms with Crippen LogP contribution < -0.4 is 51.4 Å². The SMILES string of the molecule is CCCCCCCCC(O)CCCCCCCCCCCC(C)S(=O)(=O)[O-].[K+]. The van der Waals surface area contributed by atoms with Crippen LogP contribution in [0, 0.1) is 0 Å². The summed E-state index contributed by atoms with van der Waals surface area (Å²) in [6, 6.07) is 0. The maximum Gasteiger partial charge on any atom is 1.00 e. The van der Waals surface area contributed by atoms with Gasteiger partial charge < -0.3 is 9.66 Å². The molecule has 6 heteroatoms. The second-order valence-corrected chi connectivity index (χ2v) is 10.1. The fourth-order valence-electron chi connectivity index (χ4n) is 3.50. The van der Waals surface area contributed by atoms with Crippen molar-refractivity contribution in [3.05, 3.63) is 0 Å². The Labute approximate surface area is 218 Å². The molecule has 0 saturated heterocycles. The zero-order valence-electron chi connectivity index (χ0n) is 19.0. The molecule has 0 aliphatic rings. The molecule has 0 heterocycles. The van der Waals surface area contributed by atoms with E-state index in [2.05, 4.69) is 6.92 Å². The van der Waals surface area contributed by atoms with Crippen molar-refractivity contribution in [1.29, 1.82) is 0 Å². The Morgan fingerprint density at radius 2 is 1.00 bits per heavy atom. The normalized spacial score (nSPS) is 13.9. The maximum atomic E-state index is 10.8. The third-order valence-electron chi connectivity index (χ3n) is 5.53. The number of hydrogen-bond acceptors (Lipinski definition) is 4. The van der Waals surface area contributed by atoms with E-state index in [0.717, 1.165) is 38.5 Å². The van der Waals surface area contributed by atoms with E-state index in [1.807, 2.05) is 0 Å². The van der Waals surface area contributed by atoms with Crippen LogP contribution in [0.4, 0.5) is 0 Å². The third kappa shape index (κ3) is 22.2. The quantitative estimate of drug-likeness (QED) is 0.177. The predicted octanol–water partition coefficient (Wildman–Crippen LogP) is 3.33. The molecule has 0 aliphatic carbocycles. The molecule has 0 aromatic carbocycles. The van der Waals surface area contributed by atoms with Crippen LogP contribution in [-0.4, -0.2) is 29.4 Å². The van der Waals surface area contributed by atoms with Crippen LogP contribution in [-0.2, 0) is 10.1 Å². The van der Waals surface area contributed by atoms with Gasteiger partial charge in [0.15, 0.2) is 0 Å². The van der Waals surface area contributed by atoms with Crippen LogP contribution in [0.25, 0.3) is 0 Å². The molecule has 4 nitrogen and oxygen atoms in total. The first-order valence-electron chi connectivity index (χ1n) is 11.5. The standard InChI is InChI=1S/C22H46O4S.K/c1-3-4-5-6-13-16-19-22(23)20-17-14-11-9-7-8-10-12-15-18-21(2)27(24,25)26;/h21-23H,3-20H2,1-2H3,(H,24,25,26);/q;+1/p-1. The van der Waals surface area contributed by atoms with Gasteiger partial charge in [0.1, 0.15) is 0 Å². The summed E-state index contributed by atoms with van der Waals surface area (Å²) in [7, 11) is -4.10. The van der Waals surface area contributed by atoms with E-state index in [4.69, 9.17) is 0 Å². The van der Waals surface area contributed by atoms with Gasteiger partial charge in [0.2, 0.25) is 0 Å².